The van der Waals surface area contributed by atoms with E-state index in [1.54, 1.807) is 6.20 Å². The number of ether oxygens (including phenoxy) is 2. The Balaban J connectivity index is 1.30. The second-order valence-electron chi connectivity index (χ2n) is 9.05. The number of hydrogen-bond donors (Lipinski definition) is 1. The zero-order chi connectivity index (χ0) is 20.6. The number of fused-ring (bicyclic) bond motifs is 1. The monoisotopic (exact) mass is 402 g/mol. The van der Waals surface area contributed by atoms with Crippen molar-refractivity contribution in [3.05, 3.63) is 65.9 Å². The highest BCUT2D eigenvalue weighted by Gasteiger charge is 2.44. The van der Waals surface area contributed by atoms with Crippen LogP contribution >= 0.6 is 0 Å². The van der Waals surface area contributed by atoms with Crippen LogP contribution in [0, 0.1) is 12.8 Å². The lowest BCUT2D eigenvalue weighted by Crippen LogP contribution is -2.47. The molecule has 2 saturated carbocycles. The van der Waals surface area contributed by atoms with Crippen LogP contribution in [0.4, 0.5) is 0 Å². The quantitative estimate of drug-likeness (QED) is 0.587. The van der Waals surface area contributed by atoms with E-state index in [0.717, 1.165) is 59.3 Å². The molecule has 0 saturated heterocycles. The molecule has 3 aromatic rings. The van der Waals surface area contributed by atoms with E-state index in [1.807, 2.05) is 24.3 Å². The first-order valence-corrected chi connectivity index (χ1v) is 11.1. The molecule has 4 heteroatoms. The summed E-state index contributed by atoms with van der Waals surface area (Å²) in [4.78, 5) is 4.47. The largest absolute Gasteiger partial charge is 0.490 e. The molecule has 0 atom stereocenters. The molecule has 2 aromatic carbocycles. The summed E-state index contributed by atoms with van der Waals surface area (Å²) in [6.45, 7) is 2.61. The Labute approximate surface area is 178 Å². The van der Waals surface area contributed by atoms with Gasteiger partial charge in [-0.05, 0) is 86.1 Å². The highest BCUT2D eigenvalue weighted by Crippen LogP contribution is 2.46. The van der Waals surface area contributed by atoms with Gasteiger partial charge in [0.1, 0.15) is 12.4 Å². The van der Waals surface area contributed by atoms with Gasteiger partial charge < -0.3 is 15.2 Å². The lowest BCUT2D eigenvalue weighted by molar-refractivity contribution is 0.109. The average Bonchev–Trinajstić information content (AvgIpc) is 3.61. The van der Waals surface area contributed by atoms with Crippen LogP contribution in [-0.2, 0) is 6.61 Å². The van der Waals surface area contributed by atoms with E-state index in [2.05, 4.69) is 36.2 Å². The smallest absolute Gasteiger partial charge is 0.221 e. The van der Waals surface area contributed by atoms with Gasteiger partial charge in [-0.2, -0.15) is 0 Å². The molecular formula is C26H30N2O2. The number of rotatable bonds is 6. The maximum absolute atomic E-state index is 6.64. The van der Waals surface area contributed by atoms with Gasteiger partial charge in [0.15, 0.2) is 0 Å². The zero-order valence-corrected chi connectivity index (χ0v) is 17.6. The molecule has 30 heavy (non-hydrogen) atoms. The van der Waals surface area contributed by atoms with Crippen LogP contribution in [0.5, 0.6) is 11.6 Å². The number of nitrogens with zero attached hydrogens (tertiary/aromatic N) is 1. The molecule has 0 spiro atoms. The molecule has 0 unspecified atom stereocenters. The molecule has 0 bridgehead atoms. The highest BCUT2D eigenvalue weighted by molar-refractivity contribution is 5.88. The van der Waals surface area contributed by atoms with Crippen molar-refractivity contribution in [1.29, 1.82) is 0 Å². The fourth-order valence-electron chi connectivity index (χ4n) is 4.74. The van der Waals surface area contributed by atoms with Gasteiger partial charge in [-0.25, -0.2) is 4.98 Å². The highest BCUT2D eigenvalue weighted by atomic mass is 16.5. The second kappa shape index (κ2) is 7.92. The maximum atomic E-state index is 6.64. The van der Waals surface area contributed by atoms with Gasteiger partial charge >= 0.3 is 0 Å². The van der Waals surface area contributed by atoms with Crippen LogP contribution < -0.4 is 15.2 Å². The van der Waals surface area contributed by atoms with Crippen molar-refractivity contribution in [2.75, 3.05) is 0 Å². The van der Waals surface area contributed by atoms with E-state index >= 15 is 0 Å². The fourth-order valence-corrected chi connectivity index (χ4v) is 4.74. The Hall–Kier alpha value is -2.59. The van der Waals surface area contributed by atoms with Crippen molar-refractivity contribution < 1.29 is 9.47 Å². The van der Waals surface area contributed by atoms with E-state index in [1.165, 1.54) is 12.8 Å². The summed E-state index contributed by atoms with van der Waals surface area (Å²) in [5.74, 6) is 2.38. The molecule has 2 N–H and O–H groups in total. The normalized spacial score (nSPS) is 24.0. The standard InChI is InChI=1S/C26H30N2O2/c1-18-15-23-20(11-14-28-25(23)29-17-19-5-3-2-4-6-19)16-24(18)30-22-9-12-26(27,13-10-22)21-7-8-21/h2-6,11,14-16,21-22H,7-10,12-13,17,27H2,1H3. The van der Waals surface area contributed by atoms with E-state index < -0.39 is 0 Å². The van der Waals surface area contributed by atoms with E-state index in [-0.39, 0.29) is 11.6 Å². The van der Waals surface area contributed by atoms with Crippen LogP contribution in [0.3, 0.4) is 0 Å². The molecule has 2 aliphatic rings. The van der Waals surface area contributed by atoms with Crippen molar-refractivity contribution in [1.82, 2.24) is 4.98 Å². The van der Waals surface area contributed by atoms with Gasteiger partial charge in [0, 0.05) is 17.1 Å². The summed E-state index contributed by atoms with van der Waals surface area (Å²) in [6, 6.07) is 16.5. The number of benzene rings is 2. The Morgan fingerprint density at radius 2 is 1.80 bits per heavy atom. The number of aromatic nitrogens is 1. The van der Waals surface area contributed by atoms with E-state index in [4.69, 9.17) is 15.2 Å². The van der Waals surface area contributed by atoms with Crippen molar-refractivity contribution >= 4 is 10.8 Å². The fraction of sp³-hybridized carbons (Fsp3) is 0.423. The first kappa shape index (κ1) is 19.4. The average molecular weight is 403 g/mol. The third kappa shape index (κ3) is 4.01. The molecule has 1 aromatic heterocycles. The van der Waals surface area contributed by atoms with Gasteiger partial charge in [-0.3, -0.25) is 0 Å². The van der Waals surface area contributed by atoms with Crippen molar-refractivity contribution in [3.8, 4) is 11.6 Å². The molecule has 2 aliphatic carbocycles. The Morgan fingerprint density at radius 1 is 1.03 bits per heavy atom. The summed E-state index contributed by atoms with van der Waals surface area (Å²) >= 11 is 0. The predicted molar refractivity (Wildman–Crippen MR) is 120 cm³/mol. The molecule has 0 amide bonds. The molecule has 1 heterocycles. The van der Waals surface area contributed by atoms with Crippen LogP contribution in [-0.4, -0.2) is 16.6 Å². The van der Waals surface area contributed by atoms with E-state index in [0.29, 0.717) is 12.5 Å². The van der Waals surface area contributed by atoms with Gasteiger partial charge in [-0.1, -0.05) is 30.3 Å². The lowest BCUT2D eigenvalue weighted by Gasteiger charge is -2.37. The SMILES string of the molecule is Cc1cc2c(OCc3ccccc3)nccc2cc1OC1CCC(N)(C2CC2)CC1. The molecule has 0 radical (unpaired) electrons. The maximum Gasteiger partial charge on any atom is 0.221 e. The number of hydrogen-bond acceptors (Lipinski definition) is 4. The first-order chi connectivity index (χ1) is 14.6. The summed E-state index contributed by atoms with van der Waals surface area (Å²) in [6.07, 6.45) is 8.95. The molecule has 4 nitrogen and oxygen atoms in total. The van der Waals surface area contributed by atoms with Crippen LogP contribution in [0.2, 0.25) is 0 Å². The molecule has 156 valence electrons. The Morgan fingerprint density at radius 3 is 2.53 bits per heavy atom. The predicted octanol–water partition coefficient (Wildman–Crippen LogP) is 5.55. The summed E-state index contributed by atoms with van der Waals surface area (Å²) in [5.41, 5.74) is 8.95. The van der Waals surface area contributed by atoms with Crippen molar-refractivity contribution in [2.24, 2.45) is 11.7 Å². The number of aryl methyl sites for hydroxylation is 1. The molecular weight excluding hydrogens is 372 g/mol. The van der Waals surface area contributed by atoms with Gasteiger partial charge in [0.25, 0.3) is 0 Å². The molecule has 0 aliphatic heterocycles. The van der Waals surface area contributed by atoms with Gasteiger partial charge in [-0.15, -0.1) is 0 Å². The van der Waals surface area contributed by atoms with Crippen LogP contribution in [0.25, 0.3) is 10.8 Å². The van der Waals surface area contributed by atoms with Crippen LogP contribution in [0.1, 0.15) is 49.7 Å². The zero-order valence-electron chi connectivity index (χ0n) is 17.6. The first-order valence-electron chi connectivity index (χ1n) is 11.1. The summed E-state index contributed by atoms with van der Waals surface area (Å²) in [7, 11) is 0. The van der Waals surface area contributed by atoms with Gasteiger partial charge in [0.05, 0.1) is 6.10 Å². The topological polar surface area (TPSA) is 57.4 Å². The second-order valence-corrected chi connectivity index (χ2v) is 9.05. The van der Waals surface area contributed by atoms with Crippen molar-refractivity contribution in [3.63, 3.8) is 0 Å². The minimum absolute atomic E-state index is 0.0644. The molecule has 5 rings (SSSR count). The minimum Gasteiger partial charge on any atom is -0.490 e. The van der Waals surface area contributed by atoms with Gasteiger partial charge in [0.2, 0.25) is 5.88 Å². The Kier molecular flexibility index (Phi) is 5.11. The minimum atomic E-state index is 0.0644. The van der Waals surface area contributed by atoms with E-state index in [9.17, 15) is 0 Å². The third-order valence-electron chi connectivity index (χ3n) is 6.79. The Bertz CT molecular complexity index is 1020. The number of pyridine rings is 1. The van der Waals surface area contributed by atoms with Crippen molar-refractivity contribution in [2.45, 2.75) is 63.7 Å². The molecule has 2 fully saturated rings. The summed E-state index contributed by atoms with van der Waals surface area (Å²) < 4.78 is 12.5. The third-order valence-corrected chi connectivity index (χ3v) is 6.79. The van der Waals surface area contributed by atoms with Crippen LogP contribution in [0.15, 0.2) is 54.7 Å². The summed E-state index contributed by atoms with van der Waals surface area (Å²) in [5, 5.41) is 2.12. The number of nitrogens with two attached hydrogens (primary N) is 1. The lowest BCUT2D eigenvalue weighted by atomic mass is 9.78.